The van der Waals surface area contributed by atoms with Gasteiger partial charge in [-0.15, -0.1) is 10.2 Å². The molecule has 6 heteroatoms. The number of hydrogen-bond donors (Lipinski definition) is 1. The summed E-state index contributed by atoms with van der Waals surface area (Å²) < 4.78 is 0.993. The molecular formula is C10H12N4S2. The van der Waals surface area contributed by atoms with Gasteiger partial charge < -0.3 is 5.32 Å². The van der Waals surface area contributed by atoms with Crippen LogP contribution in [-0.2, 0) is 5.75 Å². The maximum Gasteiger partial charge on any atom is 0.206 e. The molecule has 0 aromatic carbocycles. The summed E-state index contributed by atoms with van der Waals surface area (Å²) in [6, 6.07) is 4.03. The van der Waals surface area contributed by atoms with Crippen LogP contribution >= 0.6 is 23.1 Å². The number of aromatic nitrogens is 3. The van der Waals surface area contributed by atoms with Crippen molar-refractivity contribution in [2.75, 3.05) is 11.9 Å². The van der Waals surface area contributed by atoms with Gasteiger partial charge in [-0.25, -0.2) is 0 Å². The van der Waals surface area contributed by atoms with Crippen LogP contribution in [0.1, 0.15) is 12.5 Å². The van der Waals surface area contributed by atoms with Gasteiger partial charge in [0.2, 0.25) is 5.13 Å². The Morgan fingerprint density at radius 3 is 2.88 bits per heavy atom. The van der Waals surface area contributed by atoms with Crippen molar-refractivity contribution < 1.29 is 0 Å². The number of rotatable bonds is 5. The van der Waals surface area contributed by atoms with E-state index in [0.717, 1.165) is 21.8 Å². The van der Waals surface area contributed by atoms with Crippen molar-refractivity contribution in [2.45, 2.75) is 17.0 Å². The maximum absolute atomic E-state index is 4.10. The Morgan fingerprint density at radius 2 is 2.12 bits per heavy atom. The van der Waals surface area contributed by atoms with E-state index in [2.05, 4.69) is 20.5 Å². The Labute approximate surface area is 103 Å². The van der Waals surface area contributed by atoms with E-state index < -0.39 is 0 Å². The fourth-order valence-corrected chi connectivity index (χ4v) is 2.89. The second kappa shape index (κ2) is 5.81. The van der Waals surface area contributed by atoms with Crippen LogP contribution in [0.5, 0.6) is 0 Å². The Bertz CT molecular complexity index is 429. The van der Waals surface area contributed by atoms with Crippen LogP contribution in [0.4, 0.5) is 5.13 Å². The molecule has 2 aromatic heterocycles. The molecule has 2 aromatic rings. The molecule has 0 amide bonds. The minimum absolute atomic E-state index is 0.879. The highest BCUT2D eigenvalue weighted by Gasteiger charge is 2.03. The van der Waals surface area contributed by atoms with Gasteiger partial charge in [-0.3, -0.25) is 4.98 Å². The van der Waals surface area contributed by atoms with E-state index in [1.807, 2.05) is 19.1 Å². The van der Waals surface area contributed by atoms with Crippen LogP contribution in [0.2, 0.25) is 0 Å². The summed E-state index contributed by atoms with van der Waals surface area (Å²) in [6.45, 7) is 2.93. The average Bonchev–Trinajstić information content (AvgIpc) is 2.76. The molecule has 0 aliphatic carbocycles. The van der Waals surface area contributed by atoms with Crippen LogP contribution in [0.25, 0.3) is 0 Å². The maximum atomic E-state index is 4.10. The van der Waals surface area contributed by atoms with Crippen molar-refractivity contribution >= 4 is 28.2 Å². The second-order valence-corrected chi connectivity index (χ2v) is 5.25. The van der Waals surface area contributed by atoms with Gasteiger partial charge in [0.1, 0.15) is 0 Å². The highest BCUT2D eigenvalue weighted by molar-refractivity contribution is 8.00. The average molecular weight is 252 g/mol. The molecule has 0 saturated carbocycles. The lowest BCUT2D eigenvalue weighted by atomic mass is 10.3. The predicted octanol–water partition coefficient (Wildman–Crippen LogP) is 2.66. The third-order valence-corrected chi connectivity index (χ3v) is 3.93. The number of nitrogens with zero attached hydrogens (tertiary/aromatic N) is 3. The van der Waals surface area contributed by atoms with Crippen LogP contribution in [0, 0.1) is 0 Å². The Hall–Kier alpha value is -1.14. The van der Waals surface area contributed by atoms with Gasteiger partial charge >= 0.3 is 0 Å². The molecule has 0 atom stereocenters. The van der Waals surface area contributed by atoms with Gasteiger partial charge in [0.05, 0.1) is 0 Å². The minimum atomic E-state index is 0.879. The summed E-state index contributed by atoms with van der Waals surface area (Å²) in [4.78, 5) is 3.98. The van der Waals surface area contributed by atoms with Gasteiger partial charge in [0, 0.05) is 24.7 Å². The zero-order valence-corrected chi connectivity index (χ0v) is 10.5. The fraction of sp³-hybridized carbons (Fsp3) is 0.300. The van der Waals surface area contributed by atoms with Crippen molar-refractivity contribution in [3.63, 3.8) is 0 Å². The molecule has 1 N–H and O–H groups in total. The largest absolute Gasteiger partial charge is 0.360 e. The van der Waals surface area contributed by atoms with E-state index >= 15 is 0 Å². The standard InChI is InChI=1S/C10H12N4S2/c1-2-12-9-13-14-10(16-9)15-7-8-3-5-11-6-4-8/h3-6H,2,7H2,1H3,(H,12,13). The highest BCUT2D eigenvalue weighted by atomic mass is 32.2. The van der Waals surface area contributed by atoms with Crippen molar-refractivity contribution in [3.05, 3.63) is 30.1 Å². The van der Waals surface area contributed by atoms with Crippen molar-refractivity contribution in [3.8, 4) is 0 Å². The summed E-state index contributed by atoms with van der Waals surface area (Å²) in [6.07, 6.45) is 3.61. The number of hydrogen-bond acceptors (Lipinski definition) is 6. The summed E-state index contributed by atoms with van der Waals surface area (Å²) in [5, 5.41) is 12.2. The highest BCUT2D eigenvalue weighted by Crippen LogP contribution is 2.27. The molecule has 16 heavy (non-hydrogen) atoms. The molecule has 0 aliphatic rings. The van der Waals surface area contributed by atoms with E-state index in [0.29, 0.717) is 0 Å². The summed E-state index contributed by atoms with van der Waals surface area (Å²) in [5.41, 5.74) is 1.25. The van der Waals surface area contributed by atoms with Gasteiger partial charge in [-0.05, 0) is 24.6 Å². The summed E-state index contributed by atoms with van der Waals surface area (Å²) in [7, 11) is 0. The van der Waals surface area contributed by atoms with Gasteiger partial charge in [-0.1, -0.05) is 23.1 Å². The quantitative estimate of drug-likeness (QED) is 0.829. The zero-order chi connectivity index (χ0) is 11.2. The SMILES string of the molecule is CCNc1nnc(SCc2ccncc2)s1. The van der Waals surface area contributed by atoms with E-state index in [4.69, 9.17) is 0 Å². The lowest BCUT2D eigenvalue weighted by molar-refractivity contribution is 1.00. The van der Waals surface area contributed by atoms with Gasteiger partial charge in [0.25, 0.3) is 0 Å². The van der Waals surface area contributed by atoms with Crippen LogP contribution in [-0.4, -0.2) is 21.7 Å². The van der Waals surface area contributed by atoms with Crippen LogP contribution in [0.15, 0.2) is 28.9 Å². The molecule has 0 radical (unpaired) electrons. The van der Waals surface area contributed by atoms with E-state index in [9.17, 15) is 0 Å². The van der Waals surface area contributed by atoms with Gasteiger partial charge in [0.15, 0.2) is 4.34 Å². The van der Waals surface area contributed by atoms with E-state index in [1.165, 1.54) is 5.56 Å². The van der Waals surface area contributed by atoms with Crippen LogP contribution < -0.4 is 5.32 Å². The lowest BCUT2D eigenvalue weighted by Crippen LogP contribution is -1.94. The Kier molecular flexibility index (Phi) is 4.12. The molecule has 0 unspecified atom stereocenters. The third kappa shape index (κ3) is 3.18. The number of anilines is 1. The Balaban J connectivity index is 1.89. The molecule has 0 saturated heterocycles. The molecule has 2 heterocycles. The van der Waals surface area contributed by atoms with Crippen LogP contribution in [0.3, 0.4) is 0 Å². The minimum Gasteiger partial charge on any atom is -0.360 e. The third-order valence-electron chi connectivity index (χ3n) is 1.85. The fourth-order valence-electron chi connectivity index (χ4n) is 1.11. The number of thioether (sulfide) groups is 1. The first-order chi connectivity index (χ1) is 7.88. The number of pyridine rings is 1. The molecule has 2 rings (SSSR count). The summed E-state index contributed by atoms with van der Waals surface area (Å²) >= 11 is 3.29. The van der Waals surface area contributed by atoms with Crippen molar-refractivity contribution in [2.24, 2.45) is 0 Å². The molecule has 84 valence electrons. The topological polar surface area (TPSA) is 50.7 Å². The van der Waals surface area contributed by atoms with E-state index in [-0.39, 0.29) is 0 Å². The van der Waals surface area contributed by atoms with E-state index in [1.54, 1.807) is 35.5 Å². The molecule has 0 aliphatic heterocycles. The number of nitrogens with one attached hydrogen (secondary N) is 1. The normalized spacial score (nSPS) is 10.3. The zero-order valence-electron chi connectivity index (χ0n) is 8.88. The second-order valence-electron chi connectivity index (χ2n) is 3.05. The monoisotopic (exact) mass is 252 g/mol. The Morgan fingerprint density at radius 1 is 1.31 bits per heavy atom. The first-order valence-electron chi connectivity index (χ1n) is 4.97. The summed E-state index contributed by atoms with van der Waals surface area (Å²) in [5.74, 6) is 0.906. The first-order valence-corrected chi connectivity index (χ1v) is 6.77. The van der Waals surface area contributed by atoms with Gasteiger partial charge in [-0.2, -0.15) is 0 Å². The lowest BCUT2D eigenvalue weighted by Gasteiger charge is -1.96. The van der Waals surface area contributed by atoms with Crippen molar-refractivity contribution in [1.29, 1.82) is 0 Å². The molecule has 0 spiro atoms. The smallest absolute Gasteiger partial charge is 0.206 e. The molecule has 0 fully saturated rings. The first kappa shape index (κ1) is 11.3. The van der Waals surface area contributed by atoms with Crippen molar-refractivity contribution in [1.82, 2.24) is 15.2 Å². The molecular weight excluding hydrogens is 240 g/mol. The predicted molar refractivity (Wildman–Crippen MR) is 67.9 cm³/mol. The molecule has 4 nitrogen and oxygen atoms in total. The molecule has 0 bridgehead atoms.